The van der Waals surface area contributed by atoms with Crippen LogP contribution in [0.25, 0.3) is 0 Å². The van der Waals surface area contributed by atoms with Crippen LogP contribution in [-0.2, 0) is 11.2 Å². The van der Waals surface area contributed by atoms with Gasteiger partial charge in [-0.2, -0.15) is 0 Å². The smallest absolute Gasteiger partial charge is 0.287 e. The second kappa shape index (κ2) is 4.77. The van der Waals surface area contributed by atoms with Gasteiger partial charge in [-0.15, -0.1) is 0 Å². The highest BCUT2D eigenvalue weighted by Crippen LogP contribution is 2.08. The van der Waals surface area contributed by atoms with Crippen molar-refractivity contribution in [1.29, 1.82) is 0 Å². The van der Waals surface area contributed by atoms with E-state index in [1.807, 2.05) is 6.92 Å². The van der Waals surface area contributed by atoms with Gasteiger partial charge in [0.05, 0.1) is 6.04 Å². The molecule has 0 aliphatic rings. The summed E-state index contributed by atoms with van der Waals surface area (Å²) in [5, 5.41) is 2.55. The number of nitrogens with one attached hydrogen (secondary N) is 1. The molecule has 1 aromatic heterocycles. The summed E-state index contributed by atoms with van der Waals surface area (Å²) in [7, 11) is 0. The van der Waals surface area contributed by atoms with Crippen molar-refractivity contribution in [2.45, 2.75) is 33.2 Å². The Morgan fingerprint density at radius 2 is 2.13 bits per heavy atom. The maximum Gasteiger partial charge on any atom is 0.287 e. The molecule has 0 radical (unpaired) electrons. The maximum absolute atomic E-state index is 11.5. The van der Waals surface area contributed by atoms with E-state index in [9.17, 15) is 9.59 Å². The SMILES string of the molecule is CCc1ccc(C(=O)NC(C)C(C)=O)o1. The second-order valence-electron chi connectivity index (χ2n) is 3.43. The van der Waals surface area contributed by atoms with Crippen LogP contribution in [0.3, 0.4) is 0 Å². The summed E-state index contributed by atoms with van der Waals surface area (Å²) in [6, 6.07) is 2.89. The zero-order valence-electron chi connectivity index (χ0n) is 9.16. The molecule has 4 heteroatoms. The Hall–Kier alpha value is -1.58. The van der Waals surface area contributed by atoms with Gasteiger partial charge >= 0.3 is 0 Å². The van der Waals surface area contributed by atoms with Gasteiger partial charge in [0, 0.05) is 6.42 Å². The average molecular weight is 209 g/mol. The Morgan fingerprint density at radius 1 is 1.47 bits per heavy atom. The van der Waals surface area contributed by atoms with Crippen LogP contribution < -0.4 is 5.32 Å². The Bertz CT molecular complexity index is 368. The fourth-order valence-electron chi connectivity index (χ4n) is 1.06. The Morgan fingerprint density at radius 3 is 2.60 bits per heavy atom. The van der Waals surface area contributed by atoms with Crippen LogP contribution in [0.2, 0.25) is 0 Å². The number of Topliss-reactive ketones (excluding diaryl/α,β-unsaturated/α-hetero) is 1. The largest absolute Gasteiger partial charge is 0.456 e. The van der Waals surface area contributed by atoms with E-state index < -0.39 is 6.04 Å². The predicted molar refractivity (Wildman–Crippen MR) is 55.7 cm³/mol. The molecular weight excluding hydrogens is 194 g/mol. The molecule has 0 aliphatic heterocycles. The Balaban J connectivity index is 2.65. The highest BCUT2D eigenvalue weighted by molar-refractivity contribution is 5.95. The molecule has 1 heterocycles. The molecule has 0 aromatic carbocycles. The summed E-state index contributed by atoms with van der Waals surface area (Å²) >= 11 is 0. The lowest BCUT2D eigenvalue weighted by Gasteiger charge is -2.08. The first kappa shape index (κ1) is 11.5. The van der Waals surface area contributed by atoms with E-state index in [0.29, 0.717) is 0 Å². The van der Waals surface area contributed by atoms with Crippen LogP contribution >= 0.6 is 0 Å². The summed E-state index contributed by atoms with van der Waals surface area (Å²) in [6.07, 6.45) is 0.746. The second-order valence-corrected chi connectivity index (χ2v) is 3.43. The van der Waals surface area contributed by atoms with E-state index in [4.69, 9.17) is 4.42 Å². The van der Waals surface area contributed by atoms with Crippen molar-refractivity contribution in [2.24, 2.45) is 0 Å². The fraction of sp³-hybridized carbons (Fsp3) is 0.455. The molecular formula is C11H15NO3. The molecule has 1 unspecified atom stereocenters. The van der Waals surface area contributed by atoms with E-state index in [0.717, 1.165) is 12.2 Å². The van der Waals surface area contributed by atoms with E-state index in [1.165, 1.54) is 6.92 Å². The minimum atomic E-state index is -0.479. The van der Waals surface area contributed by atoms with Crippen LogP contribution in [0.5, 0.6) is 0 Å². The van der Waals surface area contributed by atoms with Crippen molar-refractivity contribution in [3.8, 4) is 0 Å². The van der Waals surface area contributed by atoms with Crippen LogP contribution in [0.4, 0.5) is 0 Å². The fourth-order valence-corrected chi connectivity index (χ4v) is 1.06. The summed E-state index contributed by atoms with van der Waals surface area (Å²) in [6.45, 7) is 5.02. The molecule has 0 spiro atoms. The van der Waals surface area contributed by atoms with Crippen LogP contribution in [0.1, 0.15) is 37.1 Å². The number of amides is 1. The molecule has 82 valence electrons. The van der Waals surface area contributed by atoms with Gasteiger partial charge in [-0.25, -0.2) is 0 Å². The van der Waals surface area contributed by atoms with Crippen molar-refractivity contribution in [3.63, 3.8) is 0 Å². The highest BCUT2D eigenvalue weighted by Gasteiger charge is 2.15. The molecule has 1 rings (SSSR count). The lowest BCUT2D eigenvalue weighted by Crippen LogP contribution is -2.37. The van der Waals surface area contributed by atoms with Gasteiger partial charge in [0.15, 0.2) is 11.5 Å². The first-order chi connectivity index (χ1) is 7.04. The van der Waals surface area contributed by atoms with Gasteiger partial charge < -0.3 is 9.73 Å². The zero-order chi connectivity index (χ0) is 11.4. The molecule has 0 saturated carbocycles. The molecule has 1 N–H and O–H groups in total. The molecule has 4 nitrogen and oxygen atoms in total. The van der Waals surface area contributed by atoms with Gasteiger partial charge in [-0.3, -0.25) is 9.59 Å². The quantitative estimate of drug-likeness (QED) is 0.818. The van der Waals surface area contributed by atoms with Crippen molar-refractivity contribution in [1.82, 2.24) is 5.32 Å². The van der Waals surface area contributed by atoms with Crippen molar-refractivity contribution in [3.05, 3.63) is 23.7 Å². The number of aryl methyl sites for hydroxylation is 1. The van der Waals surface area contributed by atoms with Gasteiger partial charge in [-0.1, -0.05) is 6.92 Å². The molecule has 0 bridgehead atoms. The highest BCUT2D eigenvalue weighted by atomic mass is 16.3. The lowest BCUT2D eigenvalue weighted by atomic mass is 10.2. The number of rotatable bonds is 4. The normalized spacial score (nSPS) is 12.2. The van der Waals surface area contributed by atoms with Gasteiger partial charge in [0.25, 0.3) is 5.91 Å². The van der Waals surface area contributed by atoms with E-state index in [1.54, 1.807) is 19.1 Å². The summed E-state index contributed by atoms with van der Waals surface area (Å²) in [5.41, 5.74) is 0. The van der Waals surface area contributed by atoms with Crippen molar-refractivity contribution in [2.75, 3.05) is 0 Å². The molecule has 0 fully saturated rings. The van der Waals surface area contributed by atoms with Crippen molar-refractivity contribution >= 4 is 11.7 Å². The number of carbonyl (C=O) groups is 2. The van der Waals surface area contributed by atoms with Crippen LogP contribution in [0, 0.1) is 0 Å². The number of ketones is 1. The third-order valence-electron chi connectivity index (χ3n) is 2.19. The predicted octanol–water partition coefficient (Wildman–Crippen LogP) is 1.55. The van der Waals surface area contributed by atoms with E-state index >= 15 is 0 Å². The average Bonchev–Trinajstić information content (AvgIpc) is 2.65. The summed E-state index contributed by atoms with van der Waals surface area (Å²) in [4.78, 5) is 22.5. The summed E-state index contributed by atoms with van der Waals surface area (Å²) in [5.74, 6) is 0.582. The Labute approximate surface area is 88.7 Å². The molecule has 0 aliphatic carbocycles. The molecule has 15 heavy (non-hydrogen) atoms. The molecule has 1 aromatic rings. The summed E-state index contributed by atoms with van der Waals surface area (Å²) < 4.78 is 5.25. The Kier molecular flexibility index (Phi) is 3.66. The number of furan rings is 1. The molecule has 0 saturated heterocycles. The van der Waals surface area contributed by atoms with Gasteiger partial charge in [0.1, 0.15) is 5.76 Å². The number of hydrogen-bond acceptors (Lipinski definition) is 3. The standard InChI is InChI=1S/C11H15NO3/c1-4-9-5-6-10(15-9)11(14)12-7(2)8(3)13/h5-7H,4H2,1-3H3,(H,12,14). The van der Waals surface area contributed by atoms with Gasteiger partial charge in [-0.05, 0) is 26.0 Å². The molecule has 1 atom stereocenters. The third kappa shape index (κ3) is 2.94. The van der Waals surface area contributed by atoms with Crippen molar-refractivity contribution < 1.29 is 14.0 Å². The molecule has 1 amide bonds. The maximum atomic E-state index is 11.5. The minimum absolute atomic E-state index is 0.0781. The van der Waals surface area contributed by atoms with Crippen LogP contribution in [-0.4, -0.2) is 17.7 Å². The van der Waals surface area contributed by atoms with E-state index in [-0.39, 0.29) is 17.5 Å². The minimum Gasteiger partial charge on any atom is -0.456 e. The zero-order valence-corrected chi connectivity index (χ0v) is 9.16. The monoisotopic (exact) mass is 209 g/mol. The van der Waals surface area contributed by atoms with Gasteiger partial charge in [0.2, 0.25) is 0 Å². The third-order valence-corrected chi connectivity index (χ3v) is 2.19. The topological polar surface area (TPSA) is 59.3 Å². The lowest BCUT2D eigenvalue weighted by molar-refractivity contribution is -0.118. The van der Waals surface area contributed by atoms with Crippen LogP contribution in [0.15, 0.2) is 16.5 Å². The first-order valence-electron chi connectivity index (χ1n) is 4.94. The number of carbonyl (C=O) groups excluding carboxylic acids is 2. The van der Waals surface area contributed by atoms with E-state index in [2.05, 4.69) is 5.32 Å². The number of hydrogen-bond donors (Lipinski definition) is 1. The first-order valence-corrected chi connectivity index (χ1v) is 4.94.